The Morgan fingerprint density at radius 1 is 1.03 bits per heavy atom. The Hall–Kier alpha value is -3.04. The molecule has 0 aliphatic carbocycles. The molecule has 0 saturated carbocycles. The Morgan fingerprint density at radius 2 is 1.76 bits per heavy atom. The van der Waals surface area contributed by atoms with Gasteiger partial charge in [-0.2, -0.15) is 0 Å². The predicted molar refractivity (Wildman–Crippen MR) is 150 cm³/mol. The van der Waals surface area contributed by atoms with Gasteiger partial charge in [0.2, 0.25) is 0 Å². The lowest BCUT2D eigenvalue weighted by molar-refractivity contribution is -0.118. The SMILES string of the molecule is CCCC(=O)Cc1ncc2ccc(Cl)cc2c1C#Cc1ccc(C(=O)CCC(O)CN(CC)CC)cc1. The lowest BCUT2D eigenvalue weighted by atomic mass is 10.00. The summed E-state index contributed by atoms with van der Waals surface area (Å²) in [6, 6.07) is 12.7. The number of aliphatic hydroxyl groups is 1. The first-order valence-electron chi connectivity index (χ1n) is 13.0. The quantitative estimate of drug-likeness (QED) is 0.240. The van der Waals surface area contributed by atoms with E-state index in [1.807, 2.05) is 37.3 Å². The number of fused-ring (bicyclic) bond motifs is 1. The highest BCUT2D eigenvalue weighted by Crippen LogP contribution is 2.24. The largest absolute Gasteiger partial charge is 0.392 e. The maximum Gasteiger partial charge on any atom is 0.162 e. The summed E-state index contributed by atoms with van der Waals surface area (Å²) in [4.78, 5) is 31.7. The van der Waals surface area contributed by atoms with E-state index in [-0.39, 0.29) is 18.0 Å². The van der Waals surface area contributed by atoms with Crippen molar-refractivity contribution in [1.82, 2.24) is 9.88 Å². The zero-order valence-electron chi connectivity index (χ0n) is 21.9. The molecule has 0 radical (unpaired) electrons. The lowest BCUT2D eigenvalue weighted by Gasteiger charge is -2.21. The number of aromatic nitrogens is 1. The molecule has 3 aromatic rings. The number of carbonyl (C=O) groups excluding carboxylic acids is 2. The van der Waals surface area contributed by atoms with Crippen LogP contribution in [0.2, 0.25) is 5.02 Å². The average molecular weight is 519 g/mol. The molecule has 0 amide bonds. The smallest absolute Gasteiger partial charge is 0.162 e. The van der Waals surface area contributed by atoms with Crippen molar-refractivity contribution in [3.8, 4) is 11.8 Å². The predicted octanol–water partition coefficient (Wildman–Crippen LogP) is 5.87. The fourth-order valence-corrected chi connectivity index (χ4v) is 4.41. The number of benzene rings is 2. The topological polar surface area (TPSA) is 70.5 Å². The zero-order chi connectivity index (χ0) is 26.8. The van der Waals surface area contributed by atoms with Gasteiger partial charge < -0.3 is 10.0 Å². The van der Waals surface area contributed by atoms with Crippen LogP contribution in [0.15, 0.2) is 48.7 Å². The summed E-state index contributed by atoms with van der Waals surface area (Å²) >= 11 is 6.26. The monoisotopic (exact) mass is 518 g/mol. The summed E-state index contributed by atoms with van der Waals surface area (Å²) in [5, 5.41) is 12.6. The van der Waals surface area contributed by atoms with E-state index in [4.69, 9.17) is 11.6 Å². The molecule has 1 aromatic heterocycles. The Labute approximate surface area is 224 Å². The Bertz CT molecular complexity index is 1290. The molecule has 194 valence electrons. The minimum atomic E-state index is -0.518. The molecule has 0 spiro atoms. The molecule has 3 rings (SSSR count). The van der Waals surface area contributed by atoms with Crippen LogP contribution in [0.5, 0.6) is 0 Å². The zero-order valence-corrected chi connectivity index (χ0v) is 22.6. The highest BCUT2D eigenvalue weighted by Gasteiger charge is 2.14. The first-order valence-corrected chi connectivity index (χ1v) is 13.4. The van der Waals surface area contributed by atoms with Crippen LogP contribution in [0.3, 0.4) is 0 Å². The molecular formula is C31H35ClN2O3. The summed E-state index contributed by atoms with van der Waals surface area (Å²) in [7, 11) is 0. The summed E-state index contributed by atoms with van der Waals surface area (Å²) in [6.45, 7) is 8.43. The van der Waals surface area contributed by atoms with Crippen molar-refractivity contribution in [2.24, 2.45) is 0 Å². The third-order valence-corrected chi connectivity index (χ3v) is 6.67. The molecule has 37 heavy (non-hydrogen) atoms. The number of hydrogen-bond donors (Lipinski definition) is 1. The molecule has 1 heterocycles. The van der Waals surface area contributed by atoms with E-state index >= 15 is 0 Å². The van der Waals surface area contributed by atoms with Crippen LogP contribution < -0.4 is 0 Å². The highest BCUT2D eigenvalue weighted by atomic mass is 35.5. The maximum atomic E-state index is 12.6. The van der Waals surface area contributed by atoms with Gasteiger partial charge in [0, 0.05) is 58.9 Å². The van der Waals surface area contributed by atoms with Crippen molar-refractivity contribution in [3.63, 3.8) is 0 Å². The third-order valence-electron chi connectivity index (χ3n) is 6.43. The fourth-order valence-electron chi connectivity index (χ4n) is 4.24. The molecule has 0 saturated heterocycles. The van der Waals surface area contributed by atoms with Crippen molar-refractivity contribution in [2.75, 3.05) is 19.6 Å². The first-order chi connectivity index (χ1) is 17.8. The van der Waals surface area contributed by atoms with E-state index in [1.54, 1.807) is 18.3 Å². The van der Waals surface area contributed by atoms with E-state index in [0.29, 0.717) is 47.7 Å². The molecule has 1 N–H and O–H groups in total. The molecule has 0 fully saturated rings. The van der Waals surface area contributed by atoms with E-state index in [9.17, 15) is 14.7 Å². The van der Waals surface area contributed by atoms with Crippen LogP contribution in [-0.4, -0.2) is 52.3 Å². The van der Waals surface area contributed by atoms with Gasteiger partial charge in [-0.05, 0) is 50.2 Å². The molecule has 0 aliphatic heterocycles. The second-order valence-electron chi connectivity index (χ2n) is 9.21. The highest BCUT2D eigenvalue weighted by molar-refractivity contribution is 6.31. The van der Waals surface area contributed by atoms with Gasteiger partial charge in [0.25, 0.3) is 0 Å². The minimum absolute atomic E-state index is 0.00252. The van der Waals surface area contributed by atoms with Gasteiger partial charge in [0.15, 0.2) is 5.78 Å². The number of hydrogen-bond acceptors (Lipinski definition) is 5. The Balaban J connectivity index is 1.77. The Morgan fingerprint density at radius 3 is 2.43 bits per heavy atom. The van der Waals surface area contributed by atoms with Gasteiger partial charge >= 0.3 is 0 Å². The number of likely N-dealkylation sites (N-methyl/N-ethyl adjacent to an activating group) is 1. The van der Waals surface area contributed by atoms with Crippen LogP contribution in [0, 0.1) is 11.8 Å². The van der Waals surface area contributed by atoms with E-state index in [2.05, 4.69) is 35.6 Å². The van der Waals surface area contributed by atoms with Crippen molar-refractivity contribution in [1.29, 1.82) is 0 Å². The maximum absolute atomic E-state index is 12.6. The van der Waals surface area contributed by atoms with Crippen LogP contribution in [-0.2, 0) is 11.2 Å². The van der Waals surface area contributed by atoms with Gasteiger partial charge in [0.1, 0.15) is 5.78 Å². The molecule has 1 atom stereocenters. The van der Waals surface area contributed by atoms with Crippen LogP contribution in [0.4, 0.5) is 0 Å². The van der Waals surface area contributed by atoms with Gasteiger partial charge in [0.05, 0.1) is 17.4 Å². The van der Waals surface area contributed by atoms with Gasteiger partial charge in [-0.3, -0.25) is 14.6 Å². The minimum Gasteiger partial charge on any atom is -0.392 e. The number of nitrogens with zero attached hydrogens (tertiary/aromatic N) is 2. The number of rotatable bonds is 12. The van der Waals surface area contributed by atoms with E-state index in [1.165, 1.54) is 0 Å². The van der Waals surface area contributed by atoms with Crippen molar-refractivity contribution < 1.29 is 14.7 Å². The normalized spacial score (nSPS) is 11.8. The van der Waals surface area contributed by atoms with Crippen LogP contribution in [0.1, 0.15) is 73.6 Å². The molecule has 2 aromatic carbocycles. The van der Waals surface area contributed by atoms with E-state index in [0.717, 1.165) is 35.8 Å². The van der Waals surface area contributed by atoms with Gasteiger partial charge in [-0.1, -0.05) is 62.4 Å². The molecule has 0 bridgehead atoms. The number of carbonyl (C=O) groups is 2. The van der Waals surface area contributed by atoms with Crippen LogP contribution >= 0.6 is 11.6 Å². The number of Topliss-reactive ketones (excluding diaryl/α,β-unsaturated/α-hetero) is 2. The molecule has 5 nitrogen and oxygen atoms in total. The van der Waals surface area contributed by atoms with E-state index < -0.39 is 6.10 Å². The lowest BCUT2D eigenvalue weighted by Crippen LogP contribution is -2.32. The number of pyridine rings is 1. The fraction of sp³-hybridized carbons (Fsp3) is 0.387. The summed E-state index contributed by atoms with van der Waals surface area (Å²) in [6.07, 6.45) is 3.50. The summed E-state index contributed by atoms with van der Waals surface area (Å²) < 4.78 is 0. The first kappa shape index (κ1) is 28.5. The molecule has 6 heteroatoms. The summed E-state index contributed by atoms with van der Waals surface area (Å²) in [5.41, 5.74) is 2.70. The van der Waals surface area contributed by atoms with Crippen molar-refractivity contribution in [3.05, 3.63) is 76.1 Å². The third kappa shape index (κ3) is 8.23. The molecular weight excluding hydrogens is 484 g/mol. The number of aliphatic hydroxyl groups excluding tert-OH is 1. The number of ketones is 2. The molecule has 1 unspecified atom stereocenters. The standard InChI is InChI=1S/C31H35ClN2O3/c1-4-7-26(35)19-30-28(29-18-25(32)14-13-24(29)20-33-30)16-10-22-8-11-23(12-9-22)31(37)17-15-27(36)21-34(5-2)6-3/h8-9,11-14,18,20,27,36H,4-7,15,17,19,21H2,1-3H3. The molecule has 0 aliphatic rings. The average Bonchev–Trinajstić information content (AvgIpc) is 2.90. The Kier molecular flexibility index (Phi) is 10.8. The van der Waals surface area contributed by atoms with Crippen molar-refractivity contribution >= 4 is 33.9 Å². The summed E-state index contributed by atoms with van der Waals surface area (Å²) in [5.74, 6) is 6.52. The van der Waals surface area contributed by atoms with Gasteiger partial charge in [-0.15, -0.1) is 0 Å². The van der Waals surface area contributed by atoms with Gasteiger partial charge in [-0.25, -0.2) is 0 Å². The second kappa shape index (κ2) is 14.0. The van der Waals surface area contributed by atoms with Crippen LogP contribution in [0.25, 0.3) is 10.8 Å². The second-order valence-corrected chi connectivity index (χ2v) is 9.64. The number of halogens is 1. The van der Waals surface area contributed by atoms with Crippen molar-refractivity contribution in [2.45, 2.75) is 59.0 Å².